The summed E-state index contributed by atoms with van der Waals surface area (Å²) in [5, 5.41) is 2.29. The van der Waals surface area contributed by atoms with Gasteiger partial charge in [-0.05, 0) is 61.0 Å². The second-order valence-electron chi connectivity index (χ2n) is 7.07. The molecule has 1 fully saturated rings. The average molecular weight is 455 g/mol. The van der Waals surface area contributed by atoms with E-state index < -0.39 is 23.7 Å². The molecule has 0 unspecified atom stereocenters. The highest BCUT2D eigenvalue weighted by Crippen LogP contribution is 2.32. The molecule has 8 nitrogen and oxygen atoms in total. The van der Waals surface area contributed by atoms with Crippen LogP contribution in [0.5, 0.6) is 5.75 Å². The van der Waals surface area contributed by atoms with Crippen molar-refractivity contribution in [3.8, 4) is 5.75 Å². The number of thioether (sulfide) groups is 1. The summed E-state index contributed by atoms with van der Waals surface area (Å²) in [4.78, 5) is 48.9. The highest BCUT2D eigenvalue weighted by molar-refractivity contribution is 8.18. The zero-order valence-electron chi connectivity index (χ0n) is 17.8. The molecule has 1 saturated heterocycles. The Bertz CT molecular complexity index is 1090. The van der Waals surface area contributed by atoms with E-state index in [1.165, 1.54) is 7.11 Å². The summed E-state index contributed by atoms with van der Waals surface area (Å²) >= 11 is 0.757. The van der Waals surface area contributed by atoms with Crippen LogP contribution < -0.4 is 10.1 Å². The number of amides is 3. The summed E-state index contributed by atoms with van der Waals surface area (Å²) in [6.07, 6.45) is 1.55. The number of anilines is 1. The third kappa shape index (κ3) is 5.76. The van der Waals surface area contributed by atoms with Crippen molar-refractivity contribution in [1.82, 2.24) is 4.90 Å². The van der Waals surface area contributed by atoms with Crippen LogP contribution in [0.15, 0.2) is 47.4 Å². The molecule has 1 aliphatic heterocycles. The van der Waals surface area contributed by atoms with Gasteiger partial charge in [-0.25, -0.2) is 0 Å². The van der Waals surface area contributed by atoms with Crippen molar-refractivity contribution in [2.45, 2.75) is 13.8 Å². The van der Waals surface area contributed by atoms with Gasteiger partial charge in [0.15, 0.2) is 6.61 Å². The van der Waals surface area contributed by atoms with Crippen LogP contribution in [0.3, 0.4) is 0 Å². The highest BCUT2D eigenvalue weighted by Gasteiger charge is 2.36. The summed E-state index contributed by atoms with van der Waals surface area (Å²) in [7, 11) is 1.19. The van der Waals surface area contributed by atoms with E-state index in [1.54, 1.807) is 30.3 Å². The lowest BCUT2D eigenvalue weighted by Gasteiger charge is -2.10. The van der Waals surface area contributed by atoms with Crippen molar-refractivity contribution < 1.29 is 28.7 Å². The normalized spacial score (nSPS) is 14.6. The lowest BCUT2D eigenvalue weighted by Crippen LogP contribution is -2.34. The SMILES string of the molecule is COC(=O)CN1C(=O)S/C(=C\c2ccc(OCC(=O)Nc3ccc(C)cc3C)cc2)C1=O. The first kappa shape index (κ1) is 23.1. The molecule has 1 aliphatic rings. The molecule has 0 aromatic heterocycles. The summed E-state index contributed by atoms with van der Waals surface area (Å²) in [5.41, 5.74) is 3.49. The molecule has 0 aliphatic carbocycles. The molecule has 0 atom stereocenters. The number of ether oxygens (including phenoxy) is 2. The molecular weight excluding hydrogens is 432 g/mol. The van der Waals surface area contributed by atoms with E-state index in [4.69, 9.17) is 4.74 Å². The minimum absolute atomic E-state index is 0.154. The zero-order chi connectivity index (χ0) is 23.3. The van der Waals surface area contributed by atoms with Crippen LogP contribution in [0.1, 0.15) is 16.7 Å². The minimum Gasteiger partial charge on any atom is -0.484 e. The van der Waals surface area contributed by atoms with Crippen LogP contribution in [0.4, 0.5) is 10.5 Å². The first-order chi connectivity index (χ1) is 15.3. The molecule has 0 bridgehead atoms. The van der Waals surface area contributed by atoms with Crippen LogP contribution in [0, 0.1) is 13.8 Å². The topological polar surface area (TPSA) is 102 Å². The Morgan fingerprint density at radius 3 is 2.47 bits per heavy atom. The van der Waals surface area contributed by atoms with Crippen LogP contribution in [-0.2, 0) is 19.1 Å². The Labute approximate surface area is 189 Å². The van der Waals surface area contributed by atoms with Crippen molar-refractivity contribution in [3.63, 3.8) is 0 Å². The predicted octanol–water partition coefficient (Wildman–Crippen LogP) is 3.53. The maximum absolute atomic E-state index is 12.3. The molecule has 0 spiro atoms. The fourth-order valence-electron chi connectivity index (χ4n) is 2.93. The number of imide groups is 1. The third-order valence-electron chi connectivity index (χ3n) is 4.59. The second kappa shape index (κ2) is 10.1. The third-order valence-corrected chi connectivity index (χ3v) is 5.50. The first-order valence-electron chi connectivity index (χ1n) is 9.69. The highest BCUT2D eigenvalue weighted by atomic mass is 32.2. The predicted molar refractivity (Wildman–Crippen MR) is 121 cm³/mol. The molecule has 32 heavy (non-hydrogen) atoms. The largest absolute Gasteiger partial charge is 0.484 e. The quantitative estimate of drug-likeness (QED) is 0.504. The van der Waals surface area contributed by atoms with Crippen molar-refractivity contribution in [3.05, 3.63) is 64.1 Å². The number of carbonyl (C=O) groups is 4. The van der Waals surface area contributed by atoms with E-state index in [0.29, 0.717) is 11.3 Å². The number of carbonyl (C=O) groups excluding carboxylic acids is 4. The molecule has 0 saturated carbocycles. The van der Waals surface area contributed by atoms with Crippen molar-refractivity contribution >= 4 is 46.5 Å². The van der Waals surface area contributed by atoms with Crippen LogP contribution in [-0.4, -0.2) is 48.2 Å². The van der Waals surface area contributed by atoms with Crippen molar-refractivity contribution in [2.75, 3.05) is 25.6 Å². The second-order valence-corrected chi connectivity index (χ2v) is 8.06. The number of nitrogens with one attached hydrogen (secondary N) is 1. The summed E-state index contributed by atoms with van der Waals surface area (Å²) in [5.74, 6) is -1.01. The number of rotatable bonds is 7. The standard InChI is InChI=1S/C23H22N2O6S/c1-14-4-9-18(15(2)10-14)24-20(26)13-31-17-7-5-16(6-8-17)11-19-22(28)25(23(29)32-19)12-21(27)30-3/h4-11H,12-13H2,1-3H3,(H,24,26)/b19-11-. The molecular formula is C23H22N2O6S. The number of aryl methyl sites for hydroxylation is 2. The van der Waals surface area contributed by atoms with E-state index in [-0.39, 0.29) is 17.4 Å². The Kier molecular flexibility index (Phi) is 7.32. The van der Waals surface area contributed by atoms with Gasteiger partial charge in [0.25, 0.3) is 17.1 Å². The molecule has 166 valence electrons. The van der Waals surface area contributed by atoms with E-state index in [2.05, 4.69) is 10.1 Å². The van der Waals surface area contributed by atoms with Gasteiger partial charge < -0.3 is 14.8 Å². The summed E-state index contributed by atoms with van der Waals surface area (Å²) in [6.45, 7) is 3.33. The van der Waals surface area contributed by atoms with E-state index in [9.17, 15) is 19.2 Å². The maximum Gasteiger partial charge on any atom is 0.325 e. The van der Waals surface area contributed by atoms with Gasteiger partial charge in [-0.1, -0.05) is 29.8 Å². The molecule has 2 aromatic carbocycles. The van der Waals surface area contributed by atoms with E-state index >= 15 is 0 Å². The lowest BCUT2D eigenvalue weighted by atomic mass is 10.1. The molecule has 1 N–H and O–H groups in total. The summed E-state index contributed by atoms with van der Waals surface area (Å²) in [6, 6.07) is 12.5. The Morgan fingerprint density at radius 1 is 1.09 bits per heavy atom. The number of nitrogens with zero attached hydrogens (tertiary/aromatic N) is 1. The van der Waals surface area contributed by atoms with E-state index in [0.717, 1.165) is 33.5 Å². The van der Waals surface area contributed by atoms with Crippen LogP contribution in [0.25, 0.3) is 6.08 Å². The molecule has 0 radical (unpaired) electrons. The van der Waals surface area contributed by atoms with E-state index in [1.807, 2.05) is 32.0 Å². The Hall–Kier alpha value is -3.59. The van der Waals surface area contributed by atoms with Gasteiger partial charge in [-0.15, -0.1) is 0 Å². The number of methoxy groups -OCH3 is 1. The number of benzene rings is 2. The first-order valence-corrected chi connectivity index (χ1v) is 10.5. The van der Waals surface area contributed by atoms with Gasteiger partial charge in [0.1, 0.15) is 12.3 Å². The lowest BCUT2D eigenvalue weighted by molar-refractivity contribution is -0.143. The zero-order valence-corrected chi connectivity index (χ0v) is 18.7. The van der Waals surface area contributed by atoms with Gasteiger partial charge >= 0.3 is 5.97 Å². The Morgan fingerprint density at radius 2 is 1.81 bits per heavy atom. The molecule has 9 heteroatoms. The number of hydrogen-bond acceptors (Lipinski definition) is 7. The Balaban J connectivity index is 1.57. The van der Waals surface area contributed by atoms with Crippen molar-refractivity contribution in [1.29, 1.82) is 0 Å². The van der Waals surface area contributed by atoms with Gasteiger partial charge in [0.2, 0.25) is 0 Å². The van der Waals surface area contributed by atoms with Gasteiger partial charge in [0.05, 0.1) is 12.0 Å². The van der Waals surface area contributed by atoms with Crippen LogP contribution >= 0.6 is 11.8 Å². The van der Waals surface area contributed by atoms with Crippen molar-refractivity contribution in [2.24, 2.45) is 0 Å². The molecule has 1 heterocycles. The van der Waals surface area contributed by atoms with Gasteiger partial charge in [0, 0.05) is 5.69 Å². The molecule has 3 rings (SSSR count). The maximum atomic E-state index is 12.3. The fourth-order valence-corrected chi connectivity index (χ4v) is 3.77. The minimum atomic E-state index is -0.670. The number of esters is 1. The molecule has 2 aromatic rings. The summed E-state index contributed by atoms with van der Waals surface area (Å²) < 4.78 is 10.0. The monoisotopic (exact) mass is 454 g/mol. The smallest absolute Gasteiger partial charge is 0.325 e. The van der Waals surface area contributed by atoms with Gasteiger partial charge in [-0.3, -0.25) is 24.1 Å². The van der Waals surface area contributed by atoms with Gasteiger partial charge in [-0.2, -0.15) is 0 Å². The number of hydrogen-bond donors (Lipinski definition) is 1. The van der Waals surface area contributed by atoms with Crippen LogP contribution in [0.2, 0.25) is 0 Å². The average Bonchev–Trinajstić information content (AvgIpc) is 3.02. The fraction of sp³-hybridized carbons (Fsp3) is 0.217. The molecule has 3 amide bonds.